The lowest BCUT2D eigenvalue weighted by Crippen LogP contribution is -2.04. The predicted molar refractivity (Wildman–Crippen MR) is 68.4 cm³/mol. The van der Waals surface area contributed by atoms with Crippen molar-refractivity contribution < 1.29 is 4.52 Å². The normalized spacial score (nSPS) is 16.9. The maximum atomic E-state index is 5.75. The molecule has 4 nitrogen and oxygen atoms in total. The molecule has 0 atom stereocenters. The van der Waals surface area contributed by atoms with Gasteiger partial charge in [-0.05, 0) is 25.0 Å². The van der Waals surface area contributed by atoms with Crippen LogP contribution in [0.3, 0.4) is 0 Å². The van der Waals surface area contributed by atoms with Crippen molar-refractivity contribution >= 4 is 11.6 Å². The molecule has 5 heteroatoms. The maximum Gasteiger partial charge on any atom is 0.230 e. The van der Waals surface area contributed by atoms with E-state index in [9.17, 15) is 0 Å². The van der Waals surface area contributed by atoms with Crippen LogP contribution in [0.25, 0.3) is 11.4 Å². The Balaban J connectivity index is 1.82. The Labute approximate surface area is 110 Å². The van der Waals surface area contributed by atoms with Crippen LogP contribution in [0.5, 0.6) is 0 Å². The topological polar surface area (TPSA) is 51.8 Å². The van der Waals surface area contributed by atoms with Crippen LogP contribution < -0.4 is 0 Å². The van der Waals surface area contributed by atoms with Gasteiger partial charge in [-0.3, -0.25) is 0 Å². The van der Waals surface area contributed by atoms with Gasteiger partial charge in [0.1, 0.15) is 5.15 Å². The smallest absolute Gasteiger partial charge is 0.230 e. The molecule has 1 aliphatic rings. The number of pyridine rings is 1. The first kappa shape index (κ1) is 11.7. The molecule has 18 heavy (non-hydrogen) atoms. The van der Waals surface area contributed by atoms with Crippen molar-refractivity contribution in [3.05, 3.63) is 29.4 Å². The summed E-state index contributed by atoms with van der Waals surface area (Å²) in [6.45, 7) is 0. The van der Waals surface area contributed by atoms with Gasteiger partial charge >= 0.3 is 0 Å². The fraction of sp³-hybridized carbons (Fsp3) is 0.462. The highest BCUT2D eigenvalue weighted by Gasteiger charge is 2.21. The fourth-order valence-electron chi connectivity index (χ4n) is 2.38. The SMILES string of the molecule is Clc1ccc(-c2noc(C3CCCCC3)n2)cn1. The molecule has 0 amide bonds. The summed E-state index contributed by atoms with van der Waals surface area (Å²) in [6.07, 6.45) is 7.80. The van der Waals surface area contributed by atoms with E-state index in [2.05, 4.69) is 15.1 Å². The summed E-state index contributed by atoms with van der Waals surface area (Å²) in [5, 5.41) is 4.49. The summed E-state index contributed by atoms with van der Waals surface area (Å²) in [6, 6.07) is 3.58. The Kier molecular flexibility index (Phi) is 3.28. The lowest BCUT2D eigenvalue weighted by molar-refractivity contribution is 0.314. The van der Waals surface area contributed by atoms with Crippen molar-refractivity contribution in [2.45, 2.75) is 38.0 Å². The average Bonchev–Trinajstić information content (AvgIpc) is 2.90. The van der Waals surface area contributed by atoms with Crippen LogP contribution in [0.4, 0.5) is 0 Å². The third kappa shape index (κ3) is 2.38. The van der Waals surface area contributed by atoms with E-state index in [-0.39, 0.29) is 0 Å². The second kappa shape index (κ2) is 5.06. The van der Waals surface area contributed by atoms with Crippen LogP contribution >= 0.6 is 11.6 Å². The van der Waals surface area contributed by atoms with Gasteiger partial charge in [-0.1, -0.05) is 36.0 Å². The van der Waals surface area contributed by atoms with Gasteiger partial charge in [-0.25, -0.2) is 4.98 Å². The van der Waals surface area contributed by atoms with Crippen molar-refractivity contribution in [1.82, 2.24) is 15.1 Å². The van der Waals surface area contributed by atoms with Crippen molar-refractivity contribution in [1.29, 1.82) is 0 Å². The molecule has 2 aromatic heterocycles. The molecule has 1 fully saturated rings. The molecule has 0 radical (unpaired) electrons. The monoisotopic (exact) mass is 263 g/mol. The summed E-state index contributed by atoms with van der Waals surface area (Å²) in [4.78, 5) is 8.49. The van der Waals surface area contributed by atoms with Crippen molar-refractivity contribution in [3.8, 4) is 11.4 Å². The quantitative estimate of drug-likeness (QED) is 0.773. The standard InChI is InChI=1S/C13H14ClN3O/c14-11-7-6-10(8-15-11)12-16-13(18-17-12)9-4-2-1-3-5-9/h6-9H,1-5H2. The van der Waals surface area contributed by atoms with E-state index in [4.69, 9.17) is 16.1 Å². The minimum atomic E-state index is 0.431. The third-order valence-corrected chi connectivity index (χ3v) is 3.61. The number of rotatable bonds is 2. The molecule has 2 heterocycles. The van der Waals surface area contributed by atoms with Crippen LogP contribution in [0, 0.1) is 0 Å². The van der Waals surface area contributed by atoms with Crippen molar-refractivity contribution in [2.24, 2.45) is 0 Å². The summed E-state index contributed by atoms with van der Waals surface area (Å²) >= 11 is 5.75. The van der Waals surface area contributed by atoms with E-state index in [1.807, 2.05) is 6.07 Å². The first-order valence-electron chi connectivity index (χ1n) is 6.28. The lowest BCUT2D eigenvalue weighted by Gasteiger charge is -2.17. The number of nitrogens with zero attached hydrogens (tertiary/aromatic N) is 3. The number of hydrogen-bond donors (Lipinski definition) is 0. The van der Waals surface area contributed by atoms with E-state index < -0.39 is 0 Å². The van der Waals surface area contributed by atoms with Crippen LogP contribution in [-0.4, -0.2) is 15.1 Å². The molecule has 0 bridgehead atoms. The average molecular weight is 264 g/mol. The second-order valence-electron chi connectivity index (χ2n) is 4.66. The largest absolute Gasteiger partial charge is 0.339 e. The molecular formula is C13H14ClN3O. The number of halogens is 1. The summed E-state index contributed by atoms with van der Waals surface area (Å²) in [7, 11) is 0. The predicted octanol–water partition coefficient (Wildman–Crippen LogP) is 3.83. The zero-order valence-electron chi connectivity index (χ0n) is 9.97. The van der Waals surface area contributed by atoms with Crippen LogP contribution in [-0.2, 0) is 0 Å². The van der Waals surface area contributed by atoms with E-state index in [1.54, 1.807) is 12.3 Å². The third-order valence-electron chi connectivity index (χ3n) is 3.38. The highest BCUT2D eigenvalue weighted by Crippen LogP contribution is 2.32. The Morgan fingerprint density at radius 3 is 2.72 bits per heavy atom. The van der Waals surface area contributed by atoms with E-state index in [0.29, 0.717) is 16.9 Å². The van der Waals surface area contributed by atoms with Gasteiger partial charge in [0.2, 0.25) is 11.7 Å². The van der Waals surface area contributed by atoms with Gasteiger partial charge in [0.15, 0.2) is 0 Å². The molecule has 0 saturated heterocycles. The van der Waals surface area contributed by atoms with E-state index >= 15 is 0 Å². The molecule has 94 valence electrons. The van der Waals surface area contributed by atoms with E-state index in [1.165, 1.54) is 19.3 Å². The molecule has 0 N–H and O–H groups in total. The Morgan fingerprint density at radius 2 is 2.00 bits per heavy atom. The lowest BCUT2D eigenvalue weighted by atomic mass is 9.89. The van der Waals surface area contributed by atoms with Crippen molar-refractivity contribution in [3.63, 3.8) is 0 Å². The number of hydrogen-bond acceptors (Lipinski definition) is 4. The molecule has 0 spiro atoms. The maximum absolute atomic E-state index is 5.75. The van der Waals surface area contributed by atoms with Gasteiger partial charge in [-0.2, -0.15) is 4.98 Å². The first-order valence-corrected chi connectivity index (χ1v) is 6.66. The molecular weight excluding hydrogens is 250 g/mol. The van der Waals surface area contributed by atoms with Gasteiger partial charge < -0.3 is 4.52 Å². The molecule has 2 aromatic rings. The fourth-order valence-corrected chi connectivity index (χ4v) is 2.49. The molecule has 0 aliphatic heterocycles. The minimum Gasteiger partial charge on any atom is -0.339 e. The Bertz CT molecular complexity index is 517. The minimum absolute atomic E-state index is 0.431. The Hall–Kier alpha value is -1.42. The molecule has 0 aromatic carbocycles. The van der Waals surface area contributed by atoms with Gasteiger partial charge in [-0.15, -0.1) is 0 Å². The van der Waals surface area contributed by atoms with Crippen molar-refractivity contribution in [2.75, 3.05) is 0 Å². The number of aromatic nitrogens is 3. The zero-order valence-corrected chi connectivity index (χ0v) is 10.7. The van der Waals surface area contributed by atoms with Gasteiger partial charge in [0.05, 0.1) is 0 Å². The first-order chi connectivity index (χ1) is 8.83. The second-order valence-corrected chi connectivity index (χ2v) is 5.05. The summed E-state index contributed by atoms with van der Waals surface area (Å²) < 4.78 is 5.37. The van der Waals surface area contributed by atoms with Crippen LogP contribution in [0.2, 0.25) is 5.15 Å². The highest BCUT2D eigenvalue weighted by molar-refractivity contribution is 6.29. The molecule has 1 saturated carbocycles. The van der Waals surface area contributed by atoms with Gasteiger partial charge in [0, 0.05) is 17.7 Å². The molecule has 1 aliphatic carbocycles. The van der Waals surface area contributed by atoms with Crippen LogP contribution in [0.1, 0.15) is 43.9 Å². The van der Waals surface area contributed by atoms with E-state index in [0.717, 1.165) is 24.3 Å². The Morgan fingerprint density at radius 1 is 1.17 bits per heavy atom. The summed E-state index contributed by atoms with van der Waals surface area (Å²) in [5.74, 6) is 1.79. The highest BCUT2D eigenvalue weighted by atomic mass is 35.5. The zero-order chi connectivity index (χ0) is 12.4. The van der Waals surface area contributed by atoms with Crippen LogP contribution in [0.15, 0.2) is 22.9 Å². The summed E-state index contributed by atoms with van der Waals surface area (Å²) in [5.41, 5.74) is 0.838. The van der Waals surface area contributed by atoms with Gasteiger partial charge in [0.25, 0.3) is 0 Å². The molecule has 0 unspecified atom stereocenters. The molecule has 3 rings (SSSR count).